The van der Waals surface area contributed by atoms with Crippen LogP contribution in [-0.4, -0.2) is 77.2 Å². The molecule has 1 aliphatic rings. The van der Waals surface area contributed by atoms with Gasteiger partial charge in [-0.05, 0) is 29.8 Å². The van der Waals surface area contributed by atoms with Crippen LogP contribution < -0.4 is 24.8 Å². The van der Waals surface area contributed by atoms with Crippen LogP contribution in [0, 0.1) is 0 Å². The largest absolute Gasteiger partial charge is 0.493 e. The molecule has 4 rings (SSSR count). The number of aromatic amines is 1. The number of ether oxygens (including phenoxy) is 6. The third kappa shape index (κ3) is 7.08. The molecule has 2 aromatic carbocycles. The molecule has 1 aliphatic carbocycles. The molecule has 0 atom stereocenters. The maximum Gasteiger partial charge on any atom is 0.406 e. The number of carbonyl (C=O) groups excluding carboxylic acids is 1. The number of fused-ring (bicyclic) bond motifs is 3. The summed E-state index contributed by atoms with van der Waals surface area (Å²) < 4.78 is 32.1. The van der Waals surface area contributed by atoms with Gasteiger partial charge in [0.05, 0.1) is 53.5 Å². The highest BCUT2D eigenvalue weighted by molar-refractivity contribution is 5.81. The van der Waals surface area contributed by atoms with Gasteiger partial charge in [-0.15, -0.1) is 0 Å². The van der Waals surface area contributed by atoms with Gasteiger partial charge in [-0.1, -0.05) is 13.5 Å². The summed E-state index contributed by atoms with van der Waals surface area (Å²) in [6.07, 6.45) is 0.264. The number of rotatable bonds is 14. The number of nitrogens with one attached hydrogen (secondary N) is 3. The van der Waals surface area contributed by atoms with Gasteiger partial charge in [0.2, 0.25) is 0 Å². The Morgan fingerprint density at radius 3 is 2.47 bits per heavy atom. The van der Waals surface area contributed by atoms with E-state index < -0.39 is 6.09 Å². The van der Waals surface area contributed by atoms with Gasteiger partial charge in [-0.25, -0.2) is 4.79 Å². The Morgan fingerprint density at radius 1 is 0.974 bits per heavy atom. The van der Waals surface area contributed by atoms with Crippen molar-refractivity contribution in [3.8, 4) is 28.5 Å². The van der Waals surface area contributed by atoms with Crippen molar-refractivity contribution in [3.05, 3.63) is 47.5 Å². The number of hydrogen-bond acceptors (Lipinski definition) is 9. The lowest BCUT2D eigenvalue weighted by molar-refractivity contribution is 0.0372. The van der Waals surface area contributed by atoms with Gasteiger partial charge in [0.1, 0.15) is 12.4 Å². The van der Waals surface area contributed by atoms with E-state index in [-0.39, 0.29) is 7.43 Å². The van der Waals surface area contributed by atoms with E-state index in [1.54, 1.807) is 14.2 Å². The minimum absolute atomic E-state index is 0. The van der Waals surface area contributed by atoms with Crippen LogP contribution in [0.2, 0.25) is 0 Å². The Hall–Kier alpha value is -3.96. The molecule has 0 saturated heterocycles. The van der Waals surface area contributed by atoms with Crippen LogP contribution in [0.4, 0.5) is 16.3 Å². The van der Waals surface area contributed by atoms with E-state index in [2.05, 4.69) is 25.6 Å². The smallest absolute Gasteiger partial charge is 0.406 e. The van der Waals surface area contributed by atoms with Crippen LogP contribution in [-0.2, 0) is 20.6 Å². The van der Waals surface area contributed by atoms with E-state index in [1.807, 2.05) is 36.4 Å². The van der Waals surface area contributed by atoms with E-state index in [1.165, 1.54) is 7.11 Å². The summed E-state index contributed by atoms with van der Waals surface area (Å²) in [5, 5.41) is 13.6. The van der Waals surface area contributed by atoms with E-state index >= 15 is 0 Å². The number of alkyl carbamates (subject to hydrolysis) is 1. The van der Waals surface area contributed by atoms with E-state index in [0.29, 0.717) is 51.1 Å². The zero-order valence-electron chi connectivity index (χ0n) is 21.2. The topological polar surface area (TPSA) is 125 Å². The molecule has 3 aromatic rings. The van der Waals surface area contributed by atoms with Crippen molar-refractivity contribution < 1.29 is 33.2 Å². The molecule has 1 amide bonds. The molecule has 0 fully saturated rings. The highest BCUT2D eigenvalue weighted by Crippen LogP contribution is 2.44. The standard InChI is InChI=1S/C26H32N4O7.CH4/c1-32-22-14-17-13-21-24(20(17)16-23(22)33-2)29-30-25(21)28-18-5-4-6-19(15-18)37-12-11-36-10-9-35-8-7-27-26(31)34-3;/h4-6,14-16H,7-13H2,1-3H3,(H,27,31)(H2,28,29,30);1H4. The van der Waals surface area contributed by atoms with Crippen LogP contribution >= 0.6 is 0 Å². The lowest BCUT2D eigenvalue weighted by atomic mass is 10.1. The highest BCUT2D eigenvalue weighted by Gasteiger charge is 2.26. The first kappa shape index (κ1) is 28.6. The summed E-state index contributed by atoms with van der Waals surface area (Å²) in [6, 6.07) is 11.7. The number of methoxy groups -OCH3 is 3. The number of benzene rings is 2. The molecule has 0 bridgehead atoms. The fourth-order valence-corrected chi connectivity index (χ4v) is 3.99. The Labute approximate surface area is 222 Å². The van der Waals surface area contributed by atoms with E-state index in [0.717, 1.165) is 46.1 Å². The lowest BCUT2D eigenvalue weighted by Crippen LogP contribution is -2.27. The number of carbonyl (C=O) groups is 1. The van der Waals surface area contributed by atoms with Gasteiger partial charge in [0, 0.05) is 35.8 Å². The summed E-state index contributed by atoms with van der Waals surface area (Å²) in [4.78, 5) is 10.9. The Morgan fingerprint density at radius 2 is 1.71 bits per heavy atom. The van der Waals surface area contributed by atoms with Crippen LogP contribution in [0.25, 0.3) is 11.3 Å². The van der Waals surface area contributed by atoms with Gasteiger partial charge in [-0.2, -0.15) is 5.10 Å². The molecule has 0 unspecified atom stereocenters. The quantitative estimate of drug-likeness (QED) is 0.207. The number of aromatic nitrogens is 2. The molecule has 0 saturated carbocycles. The third-order valence-corrected chi connectivity index (χ3v) is 5.78. The maximum atomic E-state index is 10.9. The van der Waals surface area contributed by atoms with Gasteiger partial charge < -0.3 is 39.1 Å². The predicted octanol–water partition coefficient (Wildman–Crippen LogP) is 4.15. The van der Waals surface area contributed by atoms with Gasteiger partial charge in [-0.3, -0.25) is 5.10 Å². The summed E-state index contributed by atoms with van der Waals surface area (Å²) in [5.41, 5.74) is 5.16. The molecule has 0 radical (unpaired) electrons. The van der Waals surface area contributed by atoms with E-state index in [9.17, 15) is 4.79 Å². The second kappa shape index (κ2) is 14.1. The molecule has 11 heteroatoms. The zero-order valence-corrected chi connectivity index (χ0v) is 21.2. The maximum absolute atomic E-state index is 10.9. The minimum Gasteiger partial charge on any atom is -0.493 e. The Balaban J connectivity index is 0.00000400. The number of amides is 1. The summed E-state index contributed by atoms with van der Waals surface area (Å²) in [7, 11) is 4.59. The number of anilines is 2. The van der Waals surface area contributed by atoms with Crippen molar-refractivity contribution in [1.82, 2.24) is 15.5 Å². The van der Waals surface area contributed by atoms with Crippen LogP contribution in [0.3, 0.4) is 0 Å². The van der Waals surface area contributed by atoms with Crippen LogP contribution in [0.1, 0.15) is 18.6 Å². The van der Waals surface area contributed by atoms with Gasteiger partial charge >= 0.3 is 6.09 Å². The summed E-state index contributed by atoms with van der Waals surface area (Å²) >= 11 is 0. The molecular formula is C27H36N4O7. The van der Waals surface area contributed by atoms with E-state index in [4.69, 9.17) is 23.7 Å². The molecule has 1 aromatic heterocycles. The molecule has 1 heterocycles. The van der Waals surface area contributed by atoms with Crippen molar-refractivity contribution in [2.24, 2.45) is 0 Å². The first-order valence-electron chi connectivity index (χ1n) is 11.9. The minimum atomic E-state index is -0.475. The second-order valence-electron chi connectivity index (χ2n) is 8.11. The molecule has 11 nitrogen and oxygen atoms in total. The van der Waals surface area contributed by atoms with Crippen molar-refractivity contribution in [3.63, 3.8) is 0 Å². The number of H-pyrrole nitrogens is 1. The Bertz CT molecular complexity index is 1200. The Kier molecular flexibility index (Phi) is 10.6. The monoisotopic (exact) mass is 528 g/mol. The lowest BCUT2D eigenvalue weighted by Gasteiger charge is -2.10. The summed E-state index contributed by atoms with van der Waals surface area (Å²) in [5.74, 6) is 2.89. The van der Waals surface area contributed by atoms with Gasteiger partial charge in [0.15, 0.2) is 17.3 Å². The molecule has 3 N–H and O–H groups in total. The highest BCUT2D eigenvalue weighted by atomic mass is 16.5. The molecule has 0 aliphatic heterocycles. The second-order valence-corrected chi connectivity index (χ2v) is 8.11. The third-order valence-electron chi connectivity index (χ3n) is 5.78. The number of nitrogens with zero attached hydrogens (tertiary/aromatic N) is 1. The first-order chi connectivity index (χ1) is 18.1. The van der Waals surface area contributed by atoms with Crippen molar-refractivity contribution in [2.75, 3.05) is 66.2 Å². The fraction of sp³-hybridized carbons (Fsp3) is 0.407. The van der Waals surface area contributed by atoms with Crippen molar-refractivity contribution >= 4 is 17.6 Å². The molecular weight excluding hydrogens is 492 g/mol. The van der Waals surface area contributed by atoms with Crippen molar-refractivity contribution in [1.29, 1.82) is 0 Å². The average molecular weight is 529 g/mol. The molecule has 0 spiro atoms. The fourth-order valence-electron chi connectivity index (χ4n) is 3.99. The molecule has 38 heavy (non-hydrogen) atoms. The predicted molar refractivity (Wildman–Crippen MR) is 144 cm³/mol. The van der Waals surface area contributed by atoms with Gasteiger partial charge in [0.25, 0.3) is 0 Å². The van der Waals surface area contributed by atoms with Crippen LogP contribution in [0.15, 0.2) is 36.4 Å². The van der Waals surface area contributed by atoms with Crippen LogP contribution in [0.5, 0.6) is 17.2 Å². The number of hydrogen-bond donors (Lipinski definition) is 3. The average Bonchev–Trinajstić information content (AvgIpc) is 3.47. The zero-order chi connectivity index (χ0) is 26.0. The van der Waals surface area contributed by atoms with Crippen molar-refractivity contribution in [2.45, 2.75) is 13.8 Å². The normalized spacial score (nSPS) is 11.1. The SMILES string of the molecule is C.COC(=O)NCCOCCOCCOc1cccc(Nc2n[nH]c3c2Cc2cc(OC)c(OC)cc2-3)c1. The first-order valence-corrected chi connectivity index (χ1v) is 11.9. The summed E-state index contributed by atoms with van der Waals surface area (Å²) in [6.45, 7) is 2.48. The molecule has 206 valence electrons.